The molecule has 10 nitrogen and oxygen atoms in total. The fourth-order valence-corrected chi connectivity index (χ4v) is 5.52. The van der Waals surface area contributed by atoms with Gasteiger partial charge in [-0.3, -0.25) is 14.6 Å². The molecule has 4 N–H and O–H groups in total. The molecule has 3 amide bonds. The Balaban J connectivity index is 1.37. The number of halogens is 1. The van der Waals surface area contributed by atoms with Crippen molar-refractivity contribution in [2.24, 2.45) is 5.73 Å². The smallest absolute Gasteiger partial charge is 0.408 e. The second-order valence-corrected chi connectivity index (χ2v) is 9.68. The number of nitrogens with one attached hydrogen (secondary N) is 2. The Morgan fingerprint density at radius 1 is 1.22 bits per heavy atom. The van der Waals surface area contributed by atoms with Crippen LogP contribution in [-0.2, 0) is 24.2 Å². The van der Waals surface area contributed by atoms with Gasteiger partial charge in [0.25, 0.3) is 5.91 Å². The van der Waals surface area contributed by atoms with Gasteiger partial charge in [0.1, 0.15) is 5.00 Å². The summed E-state index contributed by atoms with van der Waals surface area (Å²) in [6.45, 7) is 0.593. The molecule has 1 aliphatic heterocycles. The molecule has 0 unspecified atom stereocenters. The van der Waals surface area contributed by atoms with Gasteiger partial charge in [-0.05, 0) is 42.3 Å². The summed E-state index contributed by atoms with van der Waals surface area (Å²) in [6, 6.07) is 11.7. The van der Waals surface area contributed by atoms with Gasteiger partial charge >= 0.3 is 11.8 Å². The van der Waals surface area contributed by atoms with Crippen molar-refractivity contribution in [2.75, 3.05) is 11.9 Å². The Kier molecular flexibility index (Phi) is 6.25. The maximum Gasteiger partial charge on any atom is 0.417 e. The Hall–Kier alpha value is -4.09. The number of ether oxygens (including phenoxy) is 1. The number of aromatic nitrogens is 1. The first-order valence-corrected chi connectivity index (χ1v) is 12.0. The van der Waals surface area contributed by atoms with E-state index >= 15 is 0 Å². The molecule has 0 aliphatic carbocycles. The predicted molar refractivity (Wildman–Crippen MR) is 134 cm³/mol. The van der Waals surface area contributed by atoms with Crippen LogP contribution in [0.15, 0.2) is 51.7 Å². The van der Waals surface area contributed by atoms with Gasteiger partial charge in [0.2, 0.25) is 5.91 Å². The molecule has 0 saturated heterocycles. The number of thiophene rings is 1. The highest BCUT2D eigenvalue weighted by Crippen LogP contribution is 2.43. The van der Waals surface area contributed by atoms with Crippen LogP contribution in [0.2, 0.25) is 5.02 Å². The number of carbonyl (C=O) groups is 3. The van der Waals surface area contributed by atoms with Gasteiger partial charge in [0.05, 0.1) is 18.5 Å². The first-order valence-electron chi connectivity index (χ1n) is 10.8. The van der Waals surface area contributed by atoms with Crippen LogP contribution in [0.5, 0.6) is 5.75 Å². The van der Waals surface area contributed by atoms with E-state index in [2.05, 4.69) is 10.3 Å². The number of H-pyrrole nitrogens is 1. The molecule has 5 rings (SSSR count). The monoisotopic (exact) mass is 526 g/mol. The van der Waals surface area contributed by atoms with Crippen molar-refractivity contribution >= 4 is 56.9 Å². The third kappa shape index (κ3) is 4.83. The van der Waals surface area contributed by atoms with Crippen LogP contribution in [0.1, 0.15) is 26.4 Å². The van der Waals surface area contributed by atoms with Crippen molar-refractivity contribution in [3.8, 4) is 5.75 Å². The van der Waals surface area contributed by atoms with E-state index < -0.39 is 11.8 Å². The van der Waals surface area contributed by atoms with Crippen LogP contribution in [0.4, 0.5) is 9.80 Å². The minimum absolute atomic E-state index is 0.0709. The van der Waals surface area contributed by atoms with E-state index in [0.717, 1.165) is 10.4 Å². The summed E-state index contributed by atoms with van der Waals surface area (Å²) in [5.41, 5.74) is 7.88. The SMILES string of the molecule is NC(=O)Oc1c(NC(=O)Cc2cccc(Cl)c2)sc2c1CCN(C(=O)c1ccc3[nH]c(=O)oc3c1)C2. The number of nitrogens with zero attached hydrogens (tertiary/aromatic N) is 1. The molecule has 3 heterocycles. The minimum Gasteiger partial charge on any atom is -0.408 e. The van der Waals surface area contributed by atoms with Crippen LogP contribution in [0.3, 0.4) is 0 Å². The van der Waals surface area contributed by atoms with Crippen molar-refractivity contribution in [1.29, 1.82) is 0 Å². The predicted octanol–water partition coefficient (Wildman–Crippen LogP) is 3.67. The van der Waals surface area contributed by atoms with Crippen LogP contribution >= 0.6 is 22.9 Å². The zero-order valence-electron chi connectivity index (χ0n) is 18.6. The number of rotatable bonds is 5. The summed E-state index contributed by atoms with van der Waals surface area (Å²) in [5.74, 6) is -0.963. The van der Waals surface area contributed by atoms with Gasteiger partial charge in [-0.1, -0.05) is 23.7 Å². The average Bonchev–Trinajstić information content (AvgIpc) is 3.36. The molecule has 0 atom stereocenters. The fourth-order valence-electron chi connectivity index (χ4n) is 4.10. The first kappa shape index (κ1) is 23.6. The van der Waals surface area contributed by atoms with Crippen molar-refractivity contribution in [1.82, 2.24) is 9.88 Å². The lowest BCUT2D eigenvalue weighted by Crippen LogP contribution is -2.35. The minimum atomic E-state index is -0.999. The van der Waals surface area contributed by atoms with Crippen molar-refractivity contribution in [2.45, 2.75) is 19.4 Å². The summed E-state index contributed by atoms with van der Waals surface area (Å²) in [4.78, 5) is 53.8. The third-order valence-corrected chi connectivity index (χ3v) is 7.02. The molecule has 36 heavy (non-hydrogen) atoms. The summed E-state index contributed by atoms with van der Waals surface area (Å²) in [5, 5.41) is 3.66. The molecule has 1 aliphatic rings. The number of aromatic amines is 1. The number of oxazole rings is 1. The van der Waals surface area contributed by atoms with Crippen molar-refractivity contribution in [3.63, 3.8) is 0 Å². The van der Waals surface area contributed by atoms with Crippen molar-refractivity contribution < 1.29 is 23.5 Å². The lowest BCUT2D eigenvalue weighted by molar-refractivity contribution is -0.115. The zero-order chi connectivity index (χ0) is 25.4. The lowest BCUT2D eigenvalue weighted by atomic mass is 10.1. The van der Waals surface area contributed by atoms with Gasteiger partial charge in [-0.15, -0.1) is 11.3 Å². The Bertz CT molecular complexity index is 1570. The van der Waals surface area contributed by atoms with E-state index in [4.69, 9.17) is 26.5 Å². The molecular weight excluding hydrogens is 508 g/mol. The van der Waals surface area contributed by atoms with E-state index in [-0.39, 0.29) is 30.5 Å². The average molecular weight is 527 g/mol. The zero-order valence-corrected chi connectivity index (χ0v) is 20.2. The molecule has 12 heteroatoms. The molecule has 2 aromatic carbocycles. The summed E-state index contributed by atoms with van der Waals surface area (Å²) in [7, 11) is 0. The maximum absolute atomic E-state index is 13.2. The Labute approximate surface area is 212 Å². The van der Waals surface area contributed by atoms with E-state index in [1.165, 1.54) is 17.4 Å². The Morgan fingerprint density at radius 2 is 2.06 bits per heavy atom. The molecule has 0 bridgehead atoms. The summed E-state index contributed by atoms with van der Waals surface area (Å²) in [6.07, 6.45) is -0.534. The molecule has 4 aromatic rings. The van der Waals surface area contributed by atoms with Gasteiger partial charge in [0, 0.05) is 27.6 Å². The highest BCUT2D eigenvalue weighted by molar-refractivity contribution is 7.17. The van der Waals surface area contributed by atoms with Crippen LogP contribution in [0.25, 0.3) is 11.1 Å². The van der Waals surface area contributed by atoms with Crippen LogP contribution < -0.4 is 21.5 Å². The molecule has 184 valence electrons. The molecule has 2 aromatic heterocycles. The lowest BCUT2D eigenvalue weighted by Gasteiger charge is -2.27. The second-order valence-electron chi connectivity index (χ2n) is 8.14. The number of nitrogens with two attached hydrogens (primary N) is 1. The molecular formula is C24H19ClN4O6S. The van der Waals surface area contributed by atoms with Gasteiger partial charge in [-0.25, -0.2) is 9.59 Å². The van der Waals surface area contributed by atoms with E-state index in [9.17, 15) is 19.2 Å². The second kappa shape index (κ2) is 9.51. The van der Waals surface area contributed by atoms with E-state index in [0.29, 0.717) is 45.2 Å². The van der Waals surface area contributed by atoms with E-state index in [1.54, 1.807) is 41.3 Å². The molecule has 0 spiro atoms. The summed E-state index contributed by atoms with van der Waals surface area (Å²) >= 11 is 7.22. The maximum atomic E-state index is 13.2. The van der Waals surface area contributed by atoms with Gasteiger partial charge < -0.3 is 25.1 Å². The summed E-state index contributed by atoms with van der Waals surface area (Å²) < 4.78 is 10.3. The number of hydrogen-bond donors (Lipinski definition) is 3. The van der Waals surface area contributed by atoms with E-state index in [1.807, 2.05) is 0 Å². The molecule has 0 saturated carbocycles. The standard InChI is InChI=1S/C24H19ClN4O6S/c25-14-3-1-2-12(8-14)9-19(30)28-21-20(35-23(26)32)15-6-7-29(11-18(15)36-21)22(31)13-4-5-16-17(10-13)34-24(33)27-16/h1-5,8,10H,6-7,9,11H2,(H2,26,32)(H,27,33)(H,28,30). The number of fused-ring (bicyclic) bond motifs is 2. The highest BCUT2D eigenvalue weighted by atomic mass is 35.5. The highest BCUT2D eigenvalue weighted by Gasteiger charge is 2.30. The first-order chi connectivity index (χ1) is 17.3. The number of carbonyl (C=O) groups excluding carboxylic acids is 3. The number of hydrogen-bond acceptors (Lipinski definition) is 7. The number of amides is 3. The largest absolute Gasteiger partial charge is 0.417 e. The van der Waals surface area contributed by atoms with Crippen molar-refractivity contribution in [3.05, 3.63) is 79.6 Å². The van der Waals surface area contributed by atoms with Crippen LogP contribution in [0, 0.1) is 0 Å². The van der Waals surface area contributed by atoms with Gasteiger partial charge in [-0.2, -0.15) is 0 Å². The Morgan fingerprint density at radius 3 is 2.83 bits per heavy atom. The molecule has 0 radical (unpaired) electrons. The fraction of sp³-hybridized carbons (Fsp3) is 0.167. The molecule has 0 fully saturated rings. The number of primary amides is 1. The number of anilines is 1. The topological polar surface area (TPSA) is 148 Å². The van der Waals surface area contributed by atoms with Crippen LogP contribution in [-0.4, -0.2) is 34.3 Å². The number of benzene rings is 2. The quantitative estimate of drug-likeness (QED) is 0.361. The third-order valence-electron chi connectivity index (χ3n) is 5.67. The normalized spacial score (nSPS) is 12.9. The van der Waals surface area contributed by atoms with Gasteiger partial charge in [0.15, 0.2) is 11.3 Å².